The molecule has 5 heteroatoms. The van der Waals surface area contributed by atoms with Crippen LogP contribution in [0.5, 0.6) is 0 Å². The molecule has 0 saturated heterocycles. The van der Waals surface area contributed by atoms with Gasteiger partial charge in [-0.25, -0.2) is 8.78 Å². The molecule has 1 atom stereocenters. The number of rotatable bonds is 14. The van der Waals surface area contributed by atoms with Crippen LogP contribution in [0.1, 0.15) is 91.5 Å². The lowest BCUT2D eigenvalue weighted by Gasteiger charge is -2.18. The highest BCUT2D eigenvalue weighted by atomic mass is 19.3. The zero-order valence-corrected chi connectivity index (χ0v) is 23.3. The molecule has 0 aliphatic carbocycles. The van der Waals surface area contributed by atoms with E-state index in [0.29, 0.717) is 19.3 Å². The molecule has 0 radical (unpaired) electrons. The summed E-state index contributed by atoms with van der Waals surface area (Å²) < 4.78 is 27.2. The highest BCUT2D eigenvalue weighted by Gasteiger charge is 2.25. The molecule has 0 aliphatic rings. The molecule has 1 aromatic rings. The third kappa shape index (κ3) is 13.3. The van der Waals surface area contributed by atoms with E-state index in [1.165, 1.54) is 6.08 Å². The van der Waals surface area contributed by atoms with Crippen molar-refractivity contribution in [2.24, 2.45) is 5.92 Å². The molecule has 1 rings (SSSR count). The van der Waals surface area contributed by atoms with E-state index >= 15 is 0 Å². The summed E-state index contributed by atoms with van der Waals surface area (Å²) in [7, 11) is 0. The van der Waals surface area contributed by atoms with Gasteiger partial charge in [-0.2, -0.15) is 5.10 Å². The minimum absolute atomic E-state index is 0.0366. The summed E-state index contributed by atoms with van der Waals surface area (Å²) in [5.74, 6) is -2.47. The average Bonchev–Trinajstić information content (AvgIpc) is 3.24. The number of H-pyrrole nitrogens is 1. The summed E-state index contributed by atoms with van der Waals surface area (Å²) in [6, 6.07) is 2.01. The van der Waals surface area contributed by atoms with Gasteiger partial charge in [0.15, 0.2) is 0 Å². The molecular weight excluding hydrogens is 454 g/mol. The van der Waals surface area contributed by atoms with Gasteiger partial charge in [0.25, 0.3) is 5.92 Å². The van der Waals surface area contributed by atoms with Crippen LogP contribution < -0.4 is 0 Å². The lowest BCUT2D eigenvalue weighted by Crippen LogP contribution is -2.13. The lowest BCUT2D eigenvalue weighted by molar-refractivity contribution is -0.119. The normalized spacial score (nSPS) is 14.2. The molecule has 0 bridgehead atoms. The Morgan fingerprint density at radius 1 is 1.17 bits per heavy atom. The number of carbonyl (C=O) groups is 1. The standard InChI is InChI=1S/C20H32F2O.C11H14N2/c1-6-10-17(15-19(23)12-8-3)16(9-4)13-14-18(11-7-2)20(5,21)22;1-4-6-10(7-5-2)11-8-9(3)12-13-11/h9,11,13-14,17H,6-8,10,12,15H2,1-5H3;4-8H,1H2,2-3H3,(H,12,13)/b14-13-,16-9+,18-11+;7-5-,10-6+. The van der Waals surface area contributed by atoms with Crippen LogP contribution in [0.3, 0.4) is 0 Å². The molecule has 0 fully saturated rings. The van der Waals surface area contributed by atoms with Gasteiger partial charge < -0.3 is 0 Å². The second-order valence-corrected chi connectivity index (χ2v) is 8.85. The lowest BCUT2D eigenvalue weighted by atomic mass is 9.87. The Labute approximate surface area is 217 Å². The minimum Gasteiger partial charge on any atom is -0.300 e. The number of nitrogens with zero attached hydrogens (tertiary/aromatic N) is 1. The number of ketones is 1. The maximum absolute atomic E-state index is 13.6. The molecule has 0 aromatic carbocycles. The number of Topliss-reactive ketones (excluding diaryl/α,β-unsaturated/α-hetero) is 1. The van der Waals surface area contributed by atoms with E-state index in [9.17, 15) is 13.6 Å². The summed E-state index contributed by atoms with van der Waals surface area (Å²) in [5.41, 5.74) is 4.10. The first kappa shape index (κ1) is 33.2. The van der Waals surface area contributed by atoms with Crippen molar-refractivity contribution in [3.05, 3.63) is 83.8 Å². The fourth-order valence-corrected chi connectivity index (χ4v) is 3.76. The largest absolute Gasteiger partial charge is 0.300 e. The Bertz CT molecular complexity index is 940. The summed E-state index contributed by atoms with van der Waals surface area (Å²) >= 11 is 0. The van der Waals surface area contributed by atoms with Crippen molar-refractivity contribution in [3.8, 4) is 0 Å². The quantitative estimate of drug-likeness (QED) is 0.258. The molecule has 36 heavy (non-hydrogen) atoms. The maximum Gasteiger partial charge on any atom is 0.270 e. The highest BCUT2D eigenvalue weighted by Crippen LogP contribution is 2.28. The third-order valence-corrected chi connectivity index (χ3v) is 5.48. The van der Waals surface area contributed by atoms with Gasteiger partial charge >= 0.3 is 0 Å². The molecule has 1 N–H and O–H groups in total. The van der Waals surface area contributed by atoms with E-state index in [4.69, 9.17) is 0 Å². The maximum atomic E-state index is 13.6. The molecule has 200 valence electrons. The van der Waals surface area contributed by atoms with Crippen molar-refractivity contribution >= 4 is 11.4 Å². The van der Waals surface area contributed by atoms with Crippen molar-refractivity contribution in [1.82, 2.24) is 10.2 Å². The molecule has 0 spiro atoms. The average molecular weight is 501 g/mol. The van der Waals surface area contributed by atoms with Crippen LogP contribution in [-0.2, 0) is 4.79 Å². The molecule has 0 aliphatic heterocycles. The Morgan fingerprint density at radius 2 is 1.86 bits per heavy atom. The zero-order valence-electron chi connectivity index (χ0n) is 23.3. The number of aromatic nitrogens is 2. The zero-order chi connectivity index (χ0) is 27.6. The predicted octanol–water partition coefficient (Wildman–Crippen LogP) is 9.52. The van der Waals surface area contributed by atoms with Gasteiger partial charge in [-0.15, -0.1) is 0 Å². The number of aromatic amines is 1. The summed E-state index contributed by atoms with van der Waals surface area (Å²) in [5, 5.41) is 7.07. The minimum atomic E-state index is -2.84. The molecule has 3 nitrogen and oxygen atoms in total. The smallest absolute Gasteiger partial charge is 0.270 e. The van der Waals surface area contributed by atoms with E-state index in [2.05, 4.69) is 23.7 Å². The Balaban J connectivity index is 0.000000790. The number of hydrogen-bond donors (Lipinski definition) is 1. The van der Waals surface area contributed by atoms with Crippen LogP contribution in [0.2, 0.25) is 0 Å². The van der Waals surface area contributed by atoms with Gasteiger partial charge in [-0.3, -0.25) is 9.89 Å². The third-order valence-electron chi connectivity index (χ3n) is 5.48. The van der Waals surface area contributed by atoms with Crippen LogP contribution in [0.4, 0.5) is 8.78 Å². The van der Waals surface area contributed by atoms with Crippen LogP contribution >= 0.6 is 0 Å². The van der Waals surface area contributed by atoms with Gasteiger partial charge in [0.2, 0.25) is 0 Å². The van der Waals surface area contributed by atoms with E-state index in [-0.39, 0.29) is 17.3 Å². The molecule has 1 aromatic heterocycles. The summed E-state index contributed by atoms with van der Waals surface area (Å²) in [6.07, 6.45) is 18.8. The molecular formula is C31H46F2N2O. The molecule has 0 amide bonds. The molecule has 0 saturated carbocycles. The van der Waals surface area contributed by atoms with Crippen molar-refractivity contribution in [2.75, 3.05) is 0 Å². The monoisotopic (exact) mass is 500 g/mol. The fraction of sp³-hybridized carbons (Fsp3) is 0.484. The van der Waals surface area contributed by atoms with Gasteiger partial charge in [-0.1, -0.05) is 82.4 Å². The second kappa shape index (κ2) is 18.4. The second-order valence-electron chi connectivity index (χ2n) is 8.85. The van der Waals surface area contributed by atoms with Crippen molar-refractivity contribution in [2.45, 2.75) is 92.9 Å². The van der Waals surface area contributed by atoms with Gasteiger partial charge in [0, 0.05) is 36.6 Å². The van der Waals surface area contributed by atoms with Crippen LogP contribution in [0.15, 0.2) is 72.4 Å². The van der Waals surface area contributed by atoms with Crippen LogP contribution in [0.25, 0.3) is 5.57 Å². The topological polar surface area (TPSA) is 45.8 Å². The molecule has 1 heterocycles. The SMILES string of the molecule is C=C/C=C(\C=C/C)c1cc(C)[nH]n1.C\C=C(/C=C\C(=C/CC)C(C)(F)F)C(CCC)CC(=O)CCC. The number of alkyl halides is 2. The Kier molecular flexibility index (Phi) is 17.0. The first-order chi connectivity index (χ1) is 17.1. The summed E-state index contributed by atoms with van der Waals surface area (Å²) in [4.78, 5) is 12.0. The number of hydrogen-bond acceptors (Lipinski definition) is 2. The van der Waals surface area contributed by atoms with Gasteiger partial charge in [0.05, 0.1) is 5.69 Å². The number of aryl methyl sites for hydroxylation is 1. The van der Waals surface area contributed by atoms with Crippen LogP contribution in [-0.4, -0.2) is 21.9 Å². The van der Waals surface area contributed by atoms with E-state index in [0.717, 1.165) is 48.7 Å². The van der Waals surface area contributed by atoms with Crippen molar-refractivity contribution in [1.29, 1.82) is 0 Å². The number of halogens is 2. The Hall–Kier alpha value is -2.82. The fourth-order valence-electron chi connectivity index (χ4n) is 3.76. The predicted molar refractivity (Wildman–Crippen MR) is 151 cm³/mol. The highest BCUT2D eigenvalue weighted by molar-refractivity contribution is 5.79. The van der Waals surface area contributed by atoms with Crippen molar-refractivity contribution in [3.63, 3.8) is 0 Å². The van der Waals surface area contributed by atoms with E-state index in [1.54, 1.807) is 18.2 Å². The van der Waals surface area contributed by atoms with Crippen molar-refractivity contribution < 1.29 is 13.6 Å². The van der Waals surface area contributed by atoms with Gasteiger partial charge in [-0.05, 0) is 57.6 Å². The van der Waals surface area contributed by atoms with E-state index in [1.807, 2.05) is 65.0 Å². The number of allylic oxidation sites excluding steroid dienone is 11. The van der Waals surface area contributed by atoms with E-state index < -0.39 is 5.92 Å². The number of carbonyl (C=O) groups excluding carboxylic acids is 1. The van der Waals surface area contributed by atoms with Gasteiger partial charge in [0.1, 0.15) is 5.78 Å². The first-order valence-corrected chi connectivity index (χ1v) is 13.0. The Morgan fingerprint density at radius 3 is 2.31 bits per heavy atom. The number of nitrogens with one attached hydrogen (secondary N) is 1. The van der Waals surface area contributed by atoms with Crippen LogP contribution in [0, 0.1) is 12.8 Å². The summed E-state index contributed by atoms with van der Waals surface area (Å²) in [6.45, 7) is 16.4. The molecule has 1 unspecified atom stereocenters. The first-order valence-electron chi connectivity index (χ1n) is 13.0.